The molecule has 5 aliphatic rings. The van der Waals surface area contributed by atoms with Crippen molar-refractivity contribution in [1.29, 1.82) is 0 Å². The van der Waals surface area contributed by atoms with Crippen molar-refractivity contribution in [3.05, 3.63) is 40.1 Å². The molecule has 41 heavy (non-hydrogen) atoms. The molecule has 7 nitrogen and oxygen atoms in total. The Hall–Kier alpha value is -1.95. The van der Waals surface area contributed by atoms with Gasteiger partial charge < -0.3 is 0 Å². The van der Waals surface area contributed by atoms with E-state index in [-0.39, 0.29) is 29.7 Å². The minimum Gasteiger partial charge on any atom is -0.299 e. The number of alkyl halides is 4. The standard InChI is InChI=1S/C30H42F4N6O/c1-27(31)8-10-38(11-9-27)14-20-12-23(30(32,33)34)24-16-39(26(41)40(24)15-20)22-5-3-4-21(13-22)29(17-28(18-29)6-7-28)25-36-35-19-37(25)2/h12,15-16,21-22,25,35-36H,3-11,13-14,17-19H2,1-2H3. The quantitative estimate of drug-likeness (QED) is 0.486. The lowest BCUT2D eigenvalue weighted by Crippen LogP contribution is -2.61. The average Bonchev–Trinajstić information content (AvgIpc) is 3.47. The minimum absolute atomic E-state index is 0.0833. The van der Waals surface area contributed by atoms with E-state index in [0.717, 1.165) is 32.4 Å². The van der Waals surface area contributed by atoms with Crippen molar-refractivity contribution >= 4 is 5.52 Å². The largest absolute Gasteiger partial charge is 0.418 e. The zero-order valence-corrected chi connectivity index (χ0v) is 24.1. The zero-order valence-electron chi connectivity index (χ0n) is 24.1. The lowest BCUT2D eigenvalue weighted by molar-refractivity contribution is -0.136. The Bertz CT molecular complexity index is 1360. The topological polar surface area (TPSA) is 56.9 Å². The number of piperidine rings is 1. The molecule has 2 saturated heterocycles. The summed E-state index contributed by atoms with van der Waals surface area (Å²) in [5.74, 6) is 0.403. The predicted molar refractivity (Wildman–Crippen MR) is 148 cm³/mol. The summed E-state index contributed by atoms with van der Waals surface area (Å²) >= 11 is 0. The van der Waals surface area contributed by atoms with Crippen LogP contribution >= 0.6 is 0 Å². The molecule has 0 aromatic carbocycles. The zero-order chi connectivity index (χ0) is 28.8. The van der Waals surface area contributed by atoms with Gasteiger partial charge in [-0.15, -0.1) is 0 Å². The number of fused-ring (bicyclic) bond motifs is 1. The molecule has 2 N–H and O–H groups in total. The van der Waals surface area contributed by atoms with E-state index in [1.807, 2.05) is 4.90 Å². The second kappa shape index (κ2) is 9.53. The molecule has 2 aromatic heterocycles. The highest BCUT2D eigenvalue weighted by Gasteiger charge is 2.67. The third-order valence-corrected chi connectivity index (χ3v) is 11.2. The van der Waals surface area contributed by atoms with Gasteiger partial charge in [0.05, 0.1) is 23.9 Å². The summed E-state index contributed by atoms with van der Waals surface area (Å²) in [6.07, 6.45) is 8.00. The first-order valence-electron chi connectivity index (χ1n) is 15.3. The third kappa shape index (κ3) is 4.84. The molecule has 4 heterocycles. The number of hydrazine groups is 1. The highest BCUT2D eigenvalue weighted by molar-refractivity contribution is 5.56. The summed E-state index contributed by atoms with van der Waals surface area (Å²) in [6.45, 7) is 3.59. The molecule has 5 fully saturated rings. The smallest absolute Gasteiger partial charge is 0.299 e. The Kier molecular flexibility index (Phi) is 6.47. The Morgan fingerprint density at radius 2 is 1.80 bits per heavy atom. The predicted octanol–water partition coefficient (Wildman–Crippen LogP) is 5.06. The summed E-state index contributed by atoms with van der Waals surface area (Å²) < 4.78 is 60.0. The Labute approximate surface area is 238 Å². The van der Waals surface area contributed by atoms with Crippen molar-refractivity contribution in [2.45, 2.75) is 102 Å². The van der Waals surface area contributed by atoms with Gasteiger partial charge in [-0.25, -0.2) is 20.0 Å². The normalized spacial score (nSPS) is 31.5. The summed E-state index contributed by atoms with van der Waals surface area (Å²) in [4.78, 5) is 18.1. The first kappa shape index (κ1) is 27.9. The Morgan fingerprint density at radius 3 is 2.44 bits per heavy atom. The second-order valence-corrected chi connectivity index (χ2v) is 14.3. The lowest BCUT2D eigenvalue weighted by atomic mass is 9.49. The number of hydrogen-bond acceptors (Lipinski definition) is 5. The van der Waals surface area contributed by atoms with Crippen LogP contribution in [0.5, 0.6) is 0 Å². The van der Waals surface area contributed by atoms with Crippen LogP contribution in [0.1, 0.15) is 88.3 Å². The first-order chi connectivity index (χ1) is 19.4. The van der Waals surface area contributed by atoms with Gasteiger partial charge >= 0.3 is 11.9 Å². The SMILES string of the molecule is CN1CNNC1C1(C2CCCC(n3cc4c(C(F)(F)F)cc(CN5CCC(C)(F)CC5)cn4c3=O)C2)CC2(CC2)C1. The van der Waals surface area contributed by atoms with E-state index in [4.69, 9.17) is 0 Å². The summed E-state index contributed by atoms with van der Waals surface area (Å²) in [5.41, 5.74) is 5.37. The second-order valence-electron chi connectivity index (χ2n) is 14.3. The molecule has 226 valence electrons. The monoisotopic (exact) mass is 578 g/mol. The molecule has 2 aromatic rings. The van der Waals surface area contributed by atoms with E-state index in [2.05, 4.69) is 22.8 Å². The van der Waals surface area contributed by atoms with Gasteiger partial charge in [0.1, 0.15) is 5.67 Å². The molecule has 0 amide bonds. The molecule has 3 aliphatic carbocycles. The summed E-state index contributed by atoms with van der Waals surface area (Å²) in [6, 6.07) is 1.06. The summed E-state index contributed by atoms with van der Waals surface area (Å²) in [7, 11) is 2.14. The van der Waals surface area contributed by atoms with Gasteiger partial charge in [0.15, 0.2) is 0 Å². The highest BCUT2D eigenvalue weighted by atomic mass is 19.4. The number of pyridine rings is 1. The molecule has 2 aliphatic heterocycles. The van der Waals surface area contributed by atoms with Crippen LogP contribution in [0.15, 0.2) is 23.3 Å². The van der Waals surface area contributed by atoms with Crippen LogP contribution in [0.4, 0.5) is 17.6 Å². The Balaban J connectivity index is 1.19. The van der Waals surface area contributed by atoms with E-state index >= 15 is 0 Å². The number of rotatable bonds is 5. The maximum atomic E-state index is 14.3. The van der Waals surface area contributed by atoms with Crippen LogP contribution < -0.4 is 16.5 Å². The maximum Gasteiger partial charge on any atom is 0.418 e. The molecule has 7 rings (SSSR count). The van der Waals surface area contributed by atoms with Crippen molar-refractivity contribution in [3.63, 3.8) is 0 Å². The Morgan fingerprint density at radius 1 is 1.07 bits per heavy atom. The van der Waals surface area contributed by atoms with Crippen molar-refractivity contribution in [1.82, 2.24) is 29.6 Å². The van der Waals surface area contributed by atoms with Gasteiger partial charge in [0, 0.05) is 43.5 Å². The van der Waals surface area contributed by atoms with Crippen LogP contribution in [-0.2, 0) is 12.7 Å². The molecule has 3 saturated carbocycles. The van der Waals surface area contributed by atoms with Gasteiger partial charge in [-0.1, -0.05) is 6.42 Å². The molecule has 0 bridgehead atoms. The van der Waals surface area contributed by atoms with Crippen LogP contribution in [0.3, 0.4) is 0 Å². The molecule has 3 atom stereocenters. The van der Waals surface area contributed by atoms with Crippen molar-refractivity contribution in [3.8, 4) is 0 Å². The number of aromatic nitrogens is 2. The number of halogens is 4. The van der Waals surface area contributed by atoms with Crippen molar-refractivity contribution < 1.29 is 17.6 Å². The number of nitrogens with one attached hydrogen (secondary N) is 2. The van der Waals surface area contributed by atoms with Gasteiger partial charge in [-0.05, 0) is 94.7 Å². The fourth-order valence-electron chi connectivity index (χ4n) is 8.84. The van der Waals surface area contributed by atoms with E-state index < -0.39 is 23.1 Å². The number of likely N-dealkylation sites (tertiary alicyclic amines) is 1. The van der Waals surface area contributed by atoms with Crippen LogP contribution in [-0.4, -0.2) is 57.4 Å². The maximum absolute atomic E-state index is 14.3. The van der Waals surface area contributed by atoms with E-state index in [1.165, 1.54) is 42.3 Å². The van der Waals surface area contributed by atoms with E-state index in [9.17, 15) is 22.4 Å². The average molecular weight is 579 g/mol. The highest BCUT2D eigenvalue weighted by Crippen LogP contribution is 2.73. The molecule has 1 spiro atoms. The van der Waals surface area contributed by atoms with Gasteiger partial charge in [-0.3, -0.25) is 18.8 Å². The molecule has 11 heteroatoms. The minimum atomic E-state index is -4.59. The molecule has 3 unspecified atom stereocenters. The fraction of sp³-hybridized carbons (Fsp3) is 0.767. The third-order valence-electron chi connectivity index (χ3n) is 11.2. The number of hydrogen-bond donors (Lipinski definition) is 2. The van der Waals surface area contributed by atoms with Crippen LogP contribution in [0.2, 0.25) is 0 Å². The van der Waals surface area contributed by atoms with Crippen LogP contribution in [0, 0.1) is 16.7 Å². The summed E-state index contributed by atoms with van der Waals surface area (Å²) in [5, 5.41) is 0. The molecular weight excluding hydrogens is 536 g/mol. The lowest BCUT2D eigenvalue weighted by Gasteiger charge is -2.59. The molecule has 0 radical (unpaired) electrons. The van der Waals surface area contributed by atoms with Crippen molar-refractivity contribution in [2.75, 3.05) is 26.8 Å². The van der Waals surface area contributed by atoms with Gasteiger partial charge in [0.2, 0.25) is 0 Å². The van der Waals surface area contributed by atoms with E-state index in [1.54, 1.807) is 17.7 Å². The fourth-order valence-corrected chi connectivity index (χ4v) is 8.84. The number of imidazole rings is 1. The first-order valence-corrected chi connectivity index (χ1v) is 15.3. The molecular formula is C30H42F4N6O. The number of nitrogens with zero attached hydrogens (tertiary/aromatic N) is 4. The van der Waals surface area contributed by atoms with Crippen LogP contribution in [0.25, 0.3) is 5.52 Å². The van der Waals surface area contributed by atoms with Gasteiger partial charge in [-0.2, -0.15) is 13.2 Å². The van der Waals surface area contributed by atoms with E-state index in [0.29, 0.717) is 42.8 Å². The van der Waals surface area contributed by atoms with Crippen molar-refractivity contribution in [2.24, 2.45) is 16.7 Å². The van der Waals surface area contributed by atoms with Gasteiger partial charge in [0.25, 0.3) is 0 Å².